The van der Waals surface area contributed by atoms with Crippen molar-refractivity contribution in [1.82, 2.24) is 5.23 Å². The average molecular weight is 275 g/mol. The summed E-state index contributed by atoms with van der Waals surface area (Å²) in [6.07, 6.45) is -2.08. The van der Waals surface area contributed by atoms with E-state index in [-0.39, 0.29) is 5.75 Å². The Balaban J connectivity index is 1.89. The number of allylic oxidation sites excluding steroid dienone is 1. The number of hydrogen-bond donors (Lipinski definition) is 0. The predicted octanol–water partition coefficient (Wildman–Crippen LogP) is 3.42. The van der Waals surface area contributed by atoms with E-state index in [1.807, 2.05) is 13.0 Å². The minimum atomic E-state index is -4.69. The van der Waals surface area contributed by atoms with Crippen LogP contribution in [0.1, 0.15) is 13.3 Å². The fourth-order valence-electron chi connectivity index (χ4n) is 1.47. The Morgan fingerprint density at radius 2 is 1.84 bits per heavy atom. The van der Waals surface area contributed by atoms with Crippen molar-refractivity contribution in [2.45, 2.75) is 19.7 Å². The fraction of sp³-hybridized carbons (Fsp3) is 0.333. The first-order valence-corrected chi connectivity index (χ1v) is 5.64. The molecule has 0 fully saturated rings. The molecule has 0 atom stereocenters. The second-order valence-corrected chi connectivity index (χ2v) is 3.74. The lowest BCUT2D eigenvalue weighted by molar-refractivity contribution is -0.276. The quantitative estimate of drug-likeness (QED) is 0.842. The molecule has 4 nitrogen and oxygen atoms in total. The van der Waals surface area contributed by atoms with Gasteiger partial charge in [-0.3, -0.25) is 0 Å². The number of nitrogens with zero attached hydrogens (tertiary/aromatic N) is 1. The molecule has 1 heterocycles. The first-order chi connectivity index (χ1) is 8.96. The third-order valence-corrected chi connectivity index (χ3v) is 2.30. The highest BCUT2D eigenvalue weighted by Crippen LogP contribution is 2.25. The van der Waals surface area contributed by atoms with Crippen molar-refractivity contribution >= 4 is 0 Å². The largest absolute Gasteiger partial charge is 0.573 e. The summed E-state index contributed by atoms with van der Waals surface area (Å²) in [5, 5.41) is 1.25. The van der Waals surface area contributed by atoms with Crippen molar-refractivity contribution in [3.63, 3.8) is 0 Å². The van der Waals surface area contributed by atoms with Gasteiger partial charge in [-0.05, 0) is 30.3 Å². The molecule has 7 heteroatoms. The molecular formula is C12H12F3NO3. The van der Waals surface area contributed by atoms with Crippen LogP contribution in [-0.4, -0.2) is 18.1 Å². The molecule has 0 radical (unpaired) electrons. The number of ether oxygens (including phenoxy) is 1. The van der Waals surface area contributed by atoms with Crippen LogP contribution < -0.4 is 9.57 Å². The molecule has 0 spiro atoms. The van der Waals surface area contributed by atoms with Crippen LogP contribution in [0.15, 0.2) is 36.1 Å². The van der Waals surface area contributed by atoms with Crippen LogP contribution in [0.25, 0.3) is 0 Å². The number of benzene rings is 1. The Kier molecular flexibility index (Phi) is 3.84. The maximum absolute atomic E-state index is 12.0. The number of hydroxylamine groups is 2. The lowest BCUT2D eigenvalue weighted by Crippen LogP contribution is -2.23. The van der Waals surface area contributed by atoms with Gasteiger partial charge in [0.05, 0.1) is 6.54 Å². The monoisotopic (exact) mass is 275 g/mol. The summed E-state index contributed by atoms with van der Waals surface area (Å²) in [6, 6.07) is 5.09. The van der Waals surface area contributed by atoms with Gasteiger partial charge in [-0.1, -0.05) is 6.92 Å². The molecule has 0 saturated heterocycles. The van der Waals surface area contributed by atoms with Gasteiger partial charge in [0, 0.05) is 11.6 Å². The Morgan fingerprint density at radius 3 is 2.37 bits per heavy atom. The van der Waals surface area contributed by atoms with E-state index >= 15 is 0 Å². The third kappa shape index (κ3) is 4.06. The maximum Gasteiger partial charge on any atom is 0.573 e. The third-order valence-electron chi connectivity index (χ3n) is 2.30. The lowest BCUT2D eigenvalue weighted by atomic mass is 10.3. The van der Waals surface area contributed by atoms with Gasteiger partial charge in [0.1, 0.15) is 11.5 Å². The smallest absolute Gasteiger partial charge is 0.406 e. The number of hydrogen-bond acceptors (Lipinski definition) is 4. The molecular weight excluding hydrogens is 263 g/mol. The Hall–Kier alpha value is -1.89. The number of alkyl halides is 3. The zero-order valence-electron chi connectivity index (χ0n) is 10.1. The van der Waals surface area contributed by atoms with Crippen LogP contribution in [0.5, 0.6) is 11.5 Å². The van der Waals surface area contributed by atoms with Gasteiger partial charge in [-0.15, -0.1) is 13.2 Å². The lowest BCUT2D eigenvalue weighted by Gasteiger charge is -2.16. The van der Waals surface area contributed by atoms with Crippen LogP contribution in [0.3, 0.4) is 0 Å². The fourth-order valence-corrected chi connectivity index (χ4v) is 1.47. The van der Waals surface area contributed by atoms with E-state index in [9.17, 15) is 13.2 Å². The van der Waals surface area contributed by atoms with Crippen LogP contribution >= 0.6 is 0 Å². The summed E-state index contributed by atoms with van der Waals surface area (Å²) in [4.78, 5) is 10.6. The zero-order chi connectivity index (χ0) is 13.9. The van der Waals surface area contributed by atoms with Crippen LogP contribution in [0, 0.1) is 0 Å². The van der Waals surface area contributed by atoms with Crippen molar-refractivity contribution in [1.29, 1.82) is 0 Å². The van der Waals surface area contributed by atoms with Gasteiger partial charge >= 0.3 is 6.36 Å². The van der Waals surface area contributed by atoms with Crippen LogP contribution in [0.4, 0.5) is 13.2 Å². The molecule has 2 rings (SSSR count). The molecule has 19 heavy (non-hydrogen) atoms. The van der Waals surface area contributed by atoms with Crippen molar-refractivity contribution in [3.8, 4) is 11.5 Å². The molecule has 0 amide bonds. The van der Waals surface area contributed by atoms with E-state index in [2.05, 4.69) is 4.74 Å². The number of halogens is 3. The summed E-state index contributed by atoms with van der Waals surface area (Å²) in [5.41, 5.74) is 0. The summed E-state index contributed by atoms with van der Waals surface area (Å²) < 4.78 is 39.6. The molecule has 0 aliphatic carbocycles. The topological polar surface area (TPSA) is 30.9 Å². The predicted molar refractivity (Wildman–Crippen MR) is 59.9 cm³/mol. The highest BCUT2D eigenvalue weighted by molar-refractivity contribution is 5.31. The molecule has 1 aromatic rings. The van der Waals surface area contributed by atoms with Crippen LogP contribution in [0.2, 0.25) is 0 Å². The van der Waals surface area contributed by atoms with E-state index in [0.29, 0.717) is 12.3 Å². The molecule has 1 aliphatic heterocycles. The Morgan fingerprint density at radius 1 is 1.21 bits per heavy atom. The summed E-state index contributed by atoms with van der Waals surface area (Å²) in [5.74, 6) is 0.854. The first kappa shape index (κ1) is 13.5. The van der Waals surface area contributed by atoms with E-state index in [1.54, 1.807) is 0 Å². The highest BCUT2D eigenvalue weighted by Gasteiger charge is 2.31. The molecule has 0 saturated carbocycles. The summed E-state index contributed by atoms with van der Waals surface area (Å²) in [7, 11) is 0. The average Bonchev–Trinajstić information content (AvgIpc) is 2.77. The van der Waals surface area contributed by atoms with Gasteiger partial charge in [-0.2, -0.15) is 0 Å². The van der Waals surface area contributed by atoms with E-state index < -0.39 is 6.36 Å². The summed E-state index contributed by atoms with van der Waals surface area (Å²) in [6.45, 7) is 2.41. The van der Waals surface area contributed by atoms with Gasteiger partial charge < -0.3 is 14.4 Å². The van der Waals surface area contributed by atoms with Crippen molar-refractivity contribution in [3.05, 3.63) is 36.1 Å². The number of rotatable bonds is 4. The minimum Gasteiger partial charge on any atom is -0.406 e. The van der Waals surface area contributed by atoms with Gasteiger partial charge in [-0.25, -0.2) is 0 Å². The Bertz CT molecular complexity index is 456. The normalized spacial score (nSPS) is 15.9. The molecule has 0 N–H and O–H groups in total. The maximum atomic E-state index is 12.0. The summed E-state index contributed by atoms with van der Waals surface area (Å²) >= 11 is 0. The van der Waals surface area contributed by atoms with E-state index in [4.69, 9.17) is 9.68 Å². The van der Waals surface area contributed by atoms with E-state index in [0.717, 1.165) is 12.2 Å². The standard InChI is InChI=1S/C12H12F3NO3/c1-2-9-7-8-16(18-9)19-11-5-3-10(4-6-11)17-12(13,14)15/h3-7H,2,8H2,1H3. The van der Waals surface area contributed by atoms with Gasteiger partial charge in [0.25, 0.3) is 0 Å². The molecule has 0 bridgehead atoms. The second-order valence-electron chi connectivity index (χ2n) is 3.74. The van der Waals surface area contributed by atoms with Gasteiger partial charge in [0.2, 0.25) is 0 Å². The molecule has 104 valence electrons. The van der Waals surface area contributed by atoms with Crippen molar-refractivity contribution < 1.29 is 27.6 Å². The molecule has 0 unspecified atom stereocenters. The van der Waals surface area contributed by atoms with E-state index in [1.165, 1.54) is 29.5 Å². The first-order valence-electron chi connectivity index (χ1n) is 5.64. The highest BCUT2D eigenvalue weighted by atomic mass is 19.4. The minimum absolute atomic E-state index is 0.297. The molecule has 1 aromatic carbocycles. The molecule has 1 aliphatic rings. The van der Waals surface area contributed by atoms with Crippen molar-refractivity contribution in [2.24, 2.45) is 0 Å². The van der Waals surface area contributed by atoms with Crippen LogP contribution in [-0.2, 0) is 4.84 Å². The molecule has 0 aromatic heterocycles. The SMILES string of the molecule is CCC1=CCN(Oc2ccc(OC(F)(F)F)cc2)O1. The second kappa shape index (κ2) is 5.40. The zero-order valence-corrected chi connectivity index (χ0v) is 10.1. The van der Waals surface area contributed by atoms with Gasteiger partial charge in [0.15, 0.2) is 5.75 Å². The van der Waals surface area contributed by atoms with Crippen molar-refractivity contribution in [2.75, 3.05) is 6.54 Å². The Labute approximate surface area is 107 Å².